The van der Waals surface area contributed by atoms with Gasteiger partial charge >= 0.3 is 0 Å². The molecule has 3 N–H and O–H groups in total. The van der Waals surface area contributed by atoms with E-state index < -0.39 is 0 Å². The van der Waals surface area contributed by atoms with Gasteiger partial charge in [0.25, 0.3) is 0 Å². The maximum Gasteiger partial charge on any atom is 0.224 e. The van der Waals surface area contributed by atoms with Gasteiger partial charge in [0.05, 0.1) is 6.54 Å². The average Bonchev–Trinajstić information content (AvgIpc) is 2.99. The lowest BCUT2D eigenvalue weighted by Crippen LogP contribution is -2.13. The predicted molar refractivity (Wildman–Crippen MR) is 93.4 cm³/mol. The molecule has 128 valence electrons. The van der Waals surface area contributed by atoms with E-state index >= 15 is 0 Å². The predicted octanol–water partition coefficient (Wildman–Crippen LogP) is 1.88. The number of nitrogens with two attached hydrogens (primary N) is 1. The van der Waals surface area contributed by atoms with Crippen LogP contribution in [0.15, 0.2) is 36.9 Å². The highest BCUT2D eigenvalue weighted by Gasteiger charge is 2.03. The number of hydrogen-bond acceptors (Lipinski definition) is 5. The third-order valence-corrected chi connectivity index (χ3v) is 2.78. The van der Waals surface area contributed by atoms with Crippen molar-refractivity contribution in [3.8, 4) is 5.75 Å². The summed E-state index contributed by atoms with van der Waals surface area (Å²) in [6.45, 7) is 1.61. The average molecular weight is 362 g/mol. The lowest BCUT2D eigenvalue weighted by molar-refractivity contribution is -0.116. The van der Waals surface area contributed by atoms with Crippen molar-refractivity contribution in [2.75, 3.05) is 18.5 Å². The second kappa shape index (κ2) is 11.7. The standard InChI is InChI=1S/C14H19N5O2.2ClH/c15-6-2-5-14(20)18-12-3-1-4-13(9-12)21-8-7-19-11-16-10-17-19;;/h1,3-4,9-11H,2,5-8,15H2,(H,18,20);2*1H. The summed E-state index contributed by atoms with van der Waals surface area (Å²) >= 11 is 0. The van der Waals surface area contributed by atoms with Crippen LogP contribution in [0.4, 0.5) is 5.69 Å². The number of benzene rings is 1. The Kier molecular flexibility index (Phi) is 10.8. The molecule has 0 unspecified atom stereocenters. The molecule has 0 spiro atoms. The van der Waals surface area contributed by atoms with Crippen LogP contribution in [-0.2, 0) is 11.3 Å². The molecule has 0 radical (unpaired) electrons. The van der Waals surface area contributed by atoms with Crippen LogP contribution in [0.5, 0.6) is 5.75 Å². The fourth-order valence-corrected chi connectivity index (χ4v) is 1.75. The van der Waals surface area contributed by atoms with Crippen LogP contribution in [-0.4, -0.2) is 33.8 Å². The van der Waals surface area contributed by atoms with Gasteiger partial charge in [-0.05, 0) is 25.1 Å². The highest BCUT2D eigenvalue weighted by molar-refractivity contribution is 5.90. The molecule has 1 amide bonds. The van der Waals surface area contributed by atoms with Crippen molar-refractivity contribution in [1.82, 2.24) is 14.8 Å². The number of amides is 1. The molecule has 2 aromatic rings. The summed E-state index contributed by atoms with van der Waals surface area (Å²) in [6.07, 6.45) is 4.22. The van der Waals surface area contributed by atoms with E-state index in [1.807, 2.05) is 18.2 Å². The Morgan fingerprint density at radius 2 is 2.17 bits per heavy atom. The van der Waals surface area contributed by atoms with Crippen molar-refractivity contribution in [2.45, 2.75) is 19.4 Å². The summed E-state index contributed by atoms with van der Waals surface area (Å²) < 4.78 is 7.32. The Morgan fingerprint density at radius 3 is 2.87 bits per heavy atom. The first-order chi connectivity index (χ1) is 10.3. The minimum Gasteiger partial charge on any atom is -0.492 e. The normalized spacial score (nSPS) is 9.43. The van der Waals surface area contributed by atoms with Crippen LogP contribution >= 0.6 is 24.8 Å². The Morgan fingerprint density at radius 1 is 1.35 bits per heavy atom. The molecule has 0 atom stereocenters. The molecule has 1 aromatic carbocycles. The number of carbonyl (C=O) groups excluding carboxylic acids is 1. The number of nitrogens with zero attached hydrogens (tertiary/aromatic N) is 3. The van der Waals surface area contributed by atoms with Crippen molar-refractivity contribution in [3.63, 3.8) is 0 Å². The third-order valence-electron chi connectivity index (χ3n) is 2.78. The topological polar surface area (TPSA) is 95.1 Å². The van der Waals surface area contributed by atoms with Gasteiger partial charge in [0.15, 0.2) is 0 Å². The SMILES string of the molecule is Cl.Cl.NCCCC(=O)Nc1cccc(OCCn2cncn2)c1. The fraction of sp³-hybridized carbons (Fsp3) is 0.357. The monoisotopic (exact) mass is 361 g/mol. The molecule has 9 heteroatoms. The zero-order valence-corrected chi connectivity index (χ0v) is 14.2. The summed E-state index contributed by atoms with van der Waals surface area (Å²) in [6, 6.07) is 7.30. The molecule has 0 saturated heterocycles. The highest BCUT2D eigenvalue weighted by Crippen LogP contribution is 2.17. The molecule has 1 aromatic heterocycles. The number of rotatable bonds is 8. The number of anilines is 1. The van der Waals surface area contributed by atoms with E-state index in [1.54, 1.807) is 17.1 Å². The second-order valence-corrected chi connectivity index (χ2v) is 4.48. The van der Waals surface area contributed by atoms with Crippen LogP contribution < -0.4 is 15.8 Å². The lowest BCUT2D eigenvalue weighted by atomic mass is 10.2. The van der Waals surface area contributed by atoms with E-state index in [4.69, 9.17) is 10.5 Å². The molecule has 0 saturated carbocycles. The molecule has 0 aliphatic carbocycles. The maximum atomic E-state index is 11.6. The second-order valence-electron chi connectivity index (χ2n) is 4.48. The Balaban J connectivity index is 0.00000242. The number of carbonyl (C=O) groups is 1. The molecular formula is C14H21Cl2N5O2. The van der Waals surface area contributed by atoms with Gasteiger partial charge in [0, 0.05) is 18.2 Å². The summed E-state index contributed by atoms with van der Waals surface area (Å²) in [5, 5.41) is 6.81. The first-order valence-corrected chi connectivity index (χ1v) is 6.83. The fourth-order valence-electron chi connectivity index (χ4n) is 1.75. The van der Waals surface area contributed by atoms with Gasteiger partial charge in [-0.2, -0.15) is 5.10 Å². The quantitative estimate of drug-likeness (QED) is 0.748. The molecule has 2 rings (SSSR count). The summed E-state index contributed by atoms with van der Waals surface area (Å²) in [4.78, 5) is 15.5. The van der Waals surface area contributed by atoms with Gasteiger partial charge in [-0.1, -0.05) is 6.07 Å². The van der Waals surface area contributed by atoms with Crippen molar-refractivity contribution in [1.29, 1.82) is 0 Å². The first kappa shape index (κ1) is 21.2. The Bertz CT molecular complexity index is 566. The summed E-state index contributed by atoms with van der Waals surface area (Å²) in [7, 11) is 0. The first-order valence-electron chi connectivity index (χ1n) is 6.83. The molecule has 0 aliphatic heterocycles. The van der Waals surface area contributed by atoms with Crippen molar-refractivity contribution >= 4 is 36.4 Å². The van der Waals surface area contributed by atoms with Crippen molar-refractivity contribution < 1.29 is 9.53 Å². The molecule has 1 heterocycles. The van der Waals surface area contributed by atoms with Gasteiger partial charge < -0.3 is 15.8 Å². The maximum absolute atomic E-state index is 11.6. The number of nitrogens with one attached hydrogen (secondary N) is 1. The zero-order chi connectivity index (χ0) is 14.9. The minimum atomic E-state index is -0.0415. The summed E-state index contributed by atoms with van der Waals surface area (Å²) in [5.74, 6) is 0.659. The van der Waals surface area contributed by atoms with Crippen LogP contribution in [0, 0.1) is 0 Å². The molecule has 23 heavy (non-hydrogen) atoms. The van der Waals surface area contributed by atoms with Crippen LogP contribution in [0.25, 0.3) is 0 Å². The van der Waals surface area contributed by atoms with Crippen LogP contribution in [0.1, 0.15) is 12.8 Å². The lowest BCUT2D eigenvalue weighted by Gasteiger charge is -2.09. The van der Waals surface area contributed by atoms with E-state index in [0.717, 1.165) is 5.69 Å². The van der Waals surface area contributed by atoms with Crippen LogP contribution in [0.2, 0.25) is 0 Å². The molecule has 0 aliphatic rings. The van der Waals surface area contributed by atoms with Gasteiger partial charge in [0.1, 0.15) is 25.0 Å². The summed E-state index contributed by atoms with van der Waals surface area (Å²) in [5.41, 5.74) is 6.10. The number of hydrogen-bond donors (Lipinski definition) is 2. The van der Waals surface area contributed by atoms with Gasteiger partial charge in [-0.15, -0.1) is 24.8 Å². The third kappa shape index (κ3) is 7.83. The Labute approximate surface area is 147 Å². The molecule has 0 bridgehead atoms. The molecule has 7 nitrogen and oxygen atoms in total. The van der Waals surface area contributed by atoms with Crippen LogP contribution in [0.3, 0.4) is 0 Å². The van der Waals surface area contributed by atoms with Gasteiger partial charge in [-0.25, -0.2) is 9.67 Å². The number of halogens is 2. The van der Waals surface area contributed by atoms with E-state index in [-0.39, 0.29) is 30.7 Å². The van der Waals surface area contributed by atoms with Gasteiger partial charge in [-0.3, -0.25) is 4.79 Å². The van der Waals surface area contributed by atoms with Crippen molar-refractivity contribution in [2.24, 2.45) is 5.73 Å². The number of aromatic nitrogens is 3. The largest absolute Gasteiger partial charge is 0.492 e. The number of ether oxygens (including phenoxy) is 1. The van der Waals surface area contributed by atoms with Crippen molar-refractivity contribution in [3.05, 3.63) is 36.9 Å². The molecular weight excluding hydrogens is 341 g/mol. The van der Waals surface area contributed by atoms with E-state index in [1.165, 1.54) is 6.33 Å². The van der Waals surface area contributed by atoms with E-state index in [2.05, 4.69) is 15.4 Å². The van der Waals surface area contributed by atoms with E-state index in [0.29, 0.717) is 38.3 Å². The highest BCUT2D eigenvalue weighted by atomic mass is 35.5. The van der Waals surface area contributed by atoms with E-state index in [9.17, 15) is 4.79 Å². The molecule has 0 fully saturated rings. The van der Waals surface area contributed by atoms with Gasteiger partial charge in [0.2, 0.25) is 5.91 Å². The minimum absolute atomic E-state index is 0. The zero-order valence-electron chi connectivity index (χ0n) is 12.6. The smallest absolute Gasteiger partial charge is 0.224 e. The Hall–Kier alpha value is -1.83.